The number of ether oxygens (including phenoxy) is 1. The zero-order chi connectivity index (χ0) is 16.2. The summed E-state index contributed by atoms with van der Waals surface area (Å²) >= 11 is 10.1. The second kappa shape index (κ2) is 8.29. The summed E-state index contributed by atoms with van der Waals surface area (Å²) in [7, 11) is 0. The first-order valence-electron chi connectivity index (χ1n) is 6.29. The first kappa shape index (κ1) is 18.6. The minimum absolute atomic E-state index is 0.0394. The molecule has 1 unspecified atom stereocenters. The Morgan fingerprint density at radius 1 is 1.19 bits per heavy atom. The molecule has 1 atom stereocenters. The van der Waals surface area contributed by atoms with Crippen molar-refractivity contribution < 1.29 is 14.3 Å². The molecule has 0 aliphatic heterocycles. The molecule has 1 N–H and O–H groups in total. The molecule has 0 aliphatic rings. The highest BCUT2D eigenvalue weighted by molar-refractivity contribution is 9.11. The maximum atomic E-state index is 11.9. The van der Waals surface area contributed by atoms with E-state index < -0.39 is 6.04 Å². The molecule has 0 spiro atoms. The third-order valence-electron chi connectivity index (χ3n) is 2.73. The zero-order valence-electron chi connectivity index (χ0n) is 11.9. The Morgan fingerprint density at radius 3 is 2.14 bits per heavy atom. The Balaban J connectivity index is 2.67. The van der Waals surface area contributed by atoms with Crippen LogP contribution < -0.4 is 10.1 Å². The van der Waals surface area contributed by atoms with Crippen LogP contribution in [-0.2, 0) is 9.59 Å². The van der Waals surface area contributed by atoms with E-state index in [9.17, 15) is 9.59 Å². The lowest BCUT2D eigenvalue weighted by molar-refractivity contribution is -0.129. The van der Waals surface area contributed by atoms with Crippen molar-refractivity contribution in [3.05, 3.63) is 25.6 Å². The lowest BCUT2D eigenvalue weighted by Gasteiger charge is -2.19. The van der Waals surface area contributed by atoms with Crippen molar-refractivity contribution in [1.29, 1.82) is 0 Å². The summed E-state index contributed by atoms with van der Waals surface area (Å²) in [5, 5.41) is 2.68. The average Bonchev–Trinajstić information content (AvgIpc) is 2.33. The van der Waals surface area contributed by atoms with E-state index in [4.69, 9.17) is 4.74 Å². The van der Waals surface area contributed by atoms with Crippen LogP contribution in [0.3, 0.4) is 0 Å². The third-order valence-corrected chi connectivity index (χ3v) is 4.37. The van der Waals surface area contributed by atoms with Gasteiger partial charge in [0, 0.05) is 4.47 Å². The van der Waals surface area contributed by atoms with E-state index in [-0.39, 0.29) is 24.2 Å². The molecule has 0 saturated carbocycles. The average molecular weight is 486 g/mol. The number of halogens is 3. The Kier molecular flexibility index (Phi) is 7.36. The second-order valence-electron chi connectivity index (χ2n) is 4.89. The molecule has 0 bridgehead atoms. The summed E-state index contributed by atoms with van der Waals surface area (Å²) in [4.78, 5) is 23.4. The molecule has 0 aliphatic carbocycles. The Labute approximate surface area is 149 Å². The molecular formula is C14H16Br3NO3. The molecule has 4 nitrogen and oxygen atoms in total. The van der Waals surface area contributed by atoms with Crippen molar-refractivity contribution in [3.63, 3.8) is 0 Å². The minimum Gasteiger partial charge on any atom is -0.481 e. The molecular weight excluding hydrogens is 470 g/mol. The lowest BCUT2D eigenvalue weighted by atomic mass is 10.0. The van der Waals surface area contributed by atoms with Gasteiger partial charge in [-0.05, 0) is 56.8 Å². The summed E-state index contributed by atoms with van der Waals surface area (Å²) in [6, 6.07) is 3.16. The number of hydrogen-bond acceptors (Lipinski definition) is 3. The van der Waals surface area contributed by atoms with Gasteiger partial charge >= 0.3 is 0 Å². The number of carbonyl (C=O) groups excluding carboxylic acids is 2. The Hall–Kier alpha value is -0.400. The molecule has 0 fully saturated rings. The topological polar surface area (TPSA) is 55.4 Å². The van der Waals surface area contributed by atoms with Crippen LogP contribution in [0.4, 0.5) is 0 Å². The van der Waals surface area contributed by atoms with Gasteiger partial charge in [0.2, 0.25) is 0 Å². The fourth-order valence-electron chi connectivity index (χ4n) is 1.76. The number of rotatable bonds is 6. The number of benzene rings is 1. The lowest BCUT2D eigenvalue weighted by Crippen LogP contribution is -2.45. The van der Waals surface area contributed by atoms with Gasteiger partial charge in [0.05, 0.1) is 15.0 Å². The molecule has 1 rings (SSSR count). The van der Waals surface area contributed by atoms with E-state index in [1.165, 1.54) is 6.92 Å². The molecule has 1 aromatic carbocycles. The number of amides is 1. The second-order valence-corrected chi connectivity index (χ2v) is 7.51. The van der Waals surface area contributed by atoms with Gasteiger partial charge in [-0.1, -0.05) is 29.8 Å². The van der Waals surface area contributed by atoms with Crippen LogP contribution in [-0.4, -0.2) is 24.3 Å². The summed E-state index contributed by atoms with van der Waals surface area (Å²) < 4.78 is 7.84. The van der Waals surface area contributed by atoms with Gasteiger partial charge in [0.15, 0.2) is 12.4 Å². The van der Waals surface area contributed by atoms with Crippen molar-refractivity contribution in [2.24, 2.45) is 5.92 Å². The van der Waals surface area contributed by atoms with Crippen LogP contribution in [0.25, 0.3) is 0 Å². The fourth-order valence-corrected chi connectivity index (χ4v) is 4.24. The molecule has 21 heavy (non-hydrogen) atoms. The monoisotopic (exact) mass is 483 g/mol. The number of hydrogen-bond donors (Lipinski definition) is 1. The van der Waals surface area contributed by atoms with Crippen LogP contribution in [0.15, 0.2) is 25.6 Å². The number of Topliss-reactive ketones (excluding diaryl/α,β-unsaturated/α-hetero) is 1. The number of nitrogens with one attached hydrogen (secondary N) is 1. The Bertz CT molecular complexity index is 523. The molecule has 1 aromatic rings. The van der Waals surface area contributed by atoms with Crippen molar-refractivity contribution >= 4 is 59.5 Å². The van der Waals surface area contributed by atoms with Crippen LogP contribution >= 0.6 is 47.8 Å². The minimum atomic E-state index is -0.488. The van der Waals surface area contributed by atoms with Crippen molar-refractivity contribution in [2.45, 2.75) is 26.8 Å². The van der Waals surface area contributed by atoms with E-state index in [1.54, 1.807) is 0 Å². The Morgan fingerprint density at radius 2 is 1.71 bits per heavy atom. The SMILES string of the molecule is CC(=O)C(NC(=O)COc1c(Br)cc(Br)cc1Br)C(C)C. The smallest absolute Gasteiger partial charge is 0.258 e. The van der Waals surface area contributed by atoms with Crippen molar-refractivity contribution in [2.75, 3.05) is 6.61 Å². The van der Waals surface area contributed by atoms with Gasteiger partial charge in [0.1, 0.15) is 5.75 Å². The standard InChI is InChI=1S/C14H16Br3NO3/c1-7(2)13(8(3)19)18-12(20)6-21-14-10(16)4-9(15)5-11(14)17/h4-5,7,13H,6H2,1-3H3,(H,18,20). The molecule has 1 amide bonds. The highest BCUT2D eigenvalue weighted by Gasteiger charge is 2.21. The number of carbonyl (C=O) groups is 2. The number of ketones is 1. The van der Waals surface area contributed by atoms with Gasteiger partial charge in [-0.2, -0.15) is 0 Å². The van der Waals surface area contributed by atoms with Gasteiger partial charge in [-0.25, -0.2) is 0 Å². The van der Waals surface area contributed by atoms with Crippen molar-refractivity contribution in [1.82, 2.24) is 5.32 Å². The summed E-state index contributed by atoms with van der Waals surface area (Å²) in [6.07, 6.45) is 0. The maximum Gasteiger partial charge on any atom is 0.258 e. The maximum absolute atomic E-state index is 11.9. The van der Waals surface area contributed by atoms with Gasteiger partial charge in [-0.3, -0.25) is 9.59 Å². The highest BCUT2D eigenvalue weighted by Crippen LogP contribution is 2.36. The molecule has 0 saturated heterocycles. The van der Waals surface area contributed by atoms with Crippen LogP contribution in [0.1, 0.15) is 20.8 Å². The van der Waals surface area contributed by atoms with E-state index in [1.807, 2.05) is 26.0 Å². The molecule has 0 heterocycles. The predicted octanol–water partition coefficient (Wildman–Crippen LogP) is 4.08. The van der Waals surface area contributed by atoms with E-state index in [0.717, 1.165) is 13.4 Å². The van der Waals surface area contributed by atoms with Crippen LogP contribution in [0.5, 0.6) is 5.75 Å². The quantitative estimate of drug-likeness (QED) is 0.660. The normalized spacial score (nSPS) is 12.1. The largest absolute Gasteiger partial charge is 0.481 e. The van der Waals surface area contributed by atoms with Crippen LogP contribution in [0.2, 0.25) is 0 Å². The first-order valence-corrected chi connectivity index (χ1v) is 8.67. The summed E-state index contributed by atoms with van der Waals surface area (Å²) in [6.45, 7) is 5.08. The molecule has 0 radical (unpaired) electrons. The van der Waals surface area contributed by atoms with Crippen LogP contribution in [0, 0.1) is 5.92 Å². The summed E-state index contributed by atoms with van der Waals surface area (Å²) in [5.74, 6) is 0.185. The fraction of sp³-hybridized carbons (Fsp3) is 0.429. The molecule has 0 aromatic heterocycles. The van der Waals surface area contributed by atoms with E-state index in [0.29, 0.717) is 5.75 Å². The molecule has 116 valence electrons. The summed E-state index contributed by atoms with van der Waals surface area (Å²) in [5.41, 5.74) is 0. The van der Waals surface area contributed by atoms with E-state index in [2.05, 4.69) is 53.1 Å². The van der Waals surface area contributed by atoms with Crippen molar-refractivity contribution in [3.8, 4) is 5.75 Å². The third kappa shape index (κ3) is 5.71. The van der Waals surface area contributed by atoms with E-state index >= 15 is 0 Å². The van der Waals surface area contributed by atoms with Gasteiger partial charge < -0.3 is 10.1 Å². The highest BCUT2D eigenvalue weighted by atomic mass is 79.9. The van der Waals surface area contributed by atoms with Gasteiger partial charge in [0.25, 0.3) is 5.91 Å². The van der Waals surface area contributed by atoms with Gasteiger partial charge in [-0.15, -0.1) is 0 Å². The zero-order valence-corrected chi connectivity index (χ0v) is 16.6. The predicted molar refractivity (Wildman–Crippen MR) is 92.5 cm³/mol. The first-order chi connectivity index (χ1) is 9.72. The molecule has 7 heteroatoms.